The van der Waals surface area contributed by atoms with Gasteiger partial charge in [-0.25, -0.2) is 9.37 Å². The molecule has 170 valence electrons. The molecule has 1 aromatic heterocycles. The van der Waals surface area contributed by atoms with Gasteiger partial charge in [0.25, 0.3) is 0 Å². The number of rotatable bonds is 9. The number of benzene rings is 2. The topological polar surface area (TPSA) is 36.3 Å². The summed E-state index contributed by atoms with van der Waals surface area (Å²) in [6, 6.07) is 9.93. The number of hydrogen-bond donors (Lipinski definition) is 0. The maximum atomic E-state index is 13.2. The van der Waals surface area contributed by atoms with E-state index in [2.05, 4.69) is 4.98 Å². The molecule has 1 fully saturated rings. The van der Waals surface area contributed by atoms with Crippen LogP contribution in [0.3, 0.4) is 0 Å². The lowest BCUT2D eigenvalue weighted by molar-refractivity contribution is -0.180. The second kappa shape index (κ2) is 10.8. The summed E-state index contributed by atoms with van der Waals surface area (Å²) in [7, 11) is 0. The normalized spacial score (nSPS) is 20.7. The van der Waals surface area contributed by atoms with E-state index in [1.165, 1.54) is 12.1 Å². The van der Waals surface area contributed by atoms with E-state index in [1.54, 1.807) is 48.6 Å². The molecule has 0 bridgehead atoms. The Balaban J connectivity index is 1.37. The van der Waals surface area contributed by atoms with Gasteiger partial charge in [-0.2, -0.15) is 11.8 Å². The molecule has 0 aliphatic carbocycles. The van der Waals surface area contributed by atoms with Crippen molar-refractivity contribution >= 4 is 46.6 Å². The van der Waals surface area contributed by atoms with Crippen molar-refractivity contribution in [1.29, 1.82) is 0 Å². The van der Waals surface area contributed by atoms with Gasteiger partial charge in [-0.3, -0.25) is 0 Å². The van der Waals surface area contributed by atoms with Gasteiger partial charge in [0.2, 0.25) is 0 Å². The molecule has 2 heterocycles. The van der Waals surface area contributed by atoms with Crippen molar-refractivity contribution in [3.63, 3.8) is 0 Å². The fourth-order valence-electron chi connectivity index (χ4n) is 3.64. The van der Waals surface area contributed by atoms with E-state index in [0.717, 1.165) is 16.9 Å². The summed E-state index contributed by atoms with van der Waals surface area (Å²) in [5.41, 5.74) is 1.90. The second-order valence-corrected chi connectivity index (χ2v) is 9.97. The maximum Gasteiger partial charge on any atom is 0.187 e. The van der Waals surface area contributed by atoms with Gasteiger partial charge in [-0.15, -0.1) is 0 Å². The van der Waals surface area contributed by atoms with Gasteiger partial charge in [0, 0.05) is 45.4 Å². The highest BCUT2D eigenvalue weighted by molar-refractivity contribution is 7.98. The number of imidazole rings is 1. The average molecular weight is 516 g/mol. The fourth-order valence-corrected chi connectivity index (χ4v) is 5.81. The van der Waals surface area contributed by atoms with Crippen LogP contribution in [0.15, 0.2) is 55.1 Å². The number of hydrogen-bond acceptors (Lipinski definition) is 4. The number of halogens is 4. The van der Waals surface area contributed by atoms with Gasteiger partial charge in [0.05, 0.1) is 25.6 Å². The van der Waals surface area contributed by atoms with Gasteiger partial charge in [-0.05, 0) is 41.8 Å². The molecule has 0 radical (unpaired) electrons. The Morgan fingerprint density at radius 2 is 1.91 bits per heavy atom. The van der Waals surface area contributed by atoms with Crippen molar-refractivity contribution in [1.82, 2.24) is 9.55 Å². The van der Waals surface area contributed by atoms with Gasteiger partial charge in [0.1, 0.15) is 5.82 Å². The van der Waals surface area contributed by atoms with Crippen LogP contribution in [0, 0.1) is 5.82 Å². The lowest BCUT2D eigenvalue weighted by Crippen LogP contribution is -2.37. The lowest BCUT2D eigenvalue weighted by atomic mass is 10.0. The van der Waals surface area contributed by atoms with E-state index < -0.39 is 5.79 Å². The first kappa shape index (κ1) is 23.9. The van der Waals surface area contributed by atoms with E-state index >= 15 is 0 Å². The molecular formula is C23H22Cl3FN2O2S. The molecule has 0 amide bonds. The third-order valence-electron chi connectivity index (χ3n) is 5.26. The average Bonchev–Trinajstić information content (AvgIpc) is 3.40. The van der Waals surface area contributed by atoms with Crippen molar-refractivity contribution in [3.05, 3.63) is 87.1 Å². The molecule has 1 aliphatic rings. The summed E-state index contributed by atoms with van der Waals surface area (Å²) < 4.78 is 27.8. The number of aromatic nitrogens is 2. The molecule has 3 aromatic rings. The molecule has 2 atom stereocenters. The lowest BCUT2D eigenvalue weighted by Gasteiger charge is -2.28. The van der Waals surface area contributed by atoms with Crippen LogP contribution in [0.4, 0.5) is 4.39 Å². The van der Waals surface area contributed by atoms with Crippen molar-refractivity contribution in [2.45, 2.75) is 37.0 Å². The quantitative estimate of drug-likeness (QED) is 0.319. The molecule has 1 saturated heterocycles. The first-order chi connectivity index (χ1) is 15.4. The minimum atomic E-state index is -0.768. The Hall–Kier alpha value is -1.28. The first-order valence-electron chi connectivity index (χ1n) is 10.2. The van der Waals surface area contributed by atoms with Crippen molar-refractivity contribution in [3.8, 4) is 0 Å². The third-order valence-corrected chi connectivity index (χ3v) is 7.25. The van der Waals surface area contributed by atoms with Crippen LogP contribution >= 0.6 is 46.6 Å². The molecule has 2 unspecified atom stereocenters. The van der Waals surface area contributed by atoms with Crippen molar-refractivity contribution < 1.29 is 13.9 Å². The highest BCUT2D eigenvalue weighted by atomic mass is 35.5. The van der Waals surface area contributed by atoms with Gasteiger partial charge in [-0.1, -0.05) is 46.9 Å². The molecular weight excluding hydrogens is 494 g/mol. The highest BCUT2D eigenvalue weighted by Crippen LogP contribution is 2.35. The number of thioether (sulfide) groups is 1. The summed E-state index contributed by atoms with van der Waals surface area (Å²) in [5.74, 6) is 0.375. The summed E-state index contributed by atoms with van der Waals surface area (Å²) >= 11 is 20.3. The number of nitrogens with zero attached hydrogens (tertiary/aromatic N) is 2. The van der Waals surface area contributed by atoms with Gasteiger partial charge >= 0.3 is 0 Å². The zero-order chi connectivity index (χ0) is 22.6. The van der Waals surface area contributed by atoms with E-state index in [-0.39, 0.29) is 11.9 Å². The SMILES string of the molecule is Fc1ccc(CCC2(Cn3ccnc3)OCC(CSCc3c(Cl)cc(Cl)cc3Cl)O2)cc1. The molecule has 0 N–H and O–H groups in total. The predicted molar refractivity (Wildman–Crippen MR) is 128 cm³/mol. The molecule has 0 saturated carbocycles. The van der Waals surface area contributed by atoms with Crippen LogP contribution in [0.25, 0.3) is 0 Å². The van der Waals surface area contributed by atoms with Gasteiger partial charge < -0.3 is 14.0 Å². The first-order valence-corrected chi connectivity index (χ1v) is 12.4. The summed E-state index contributed by atoms with van der Waals surface area (Å²) in [6.45, 7) is 1.03. The summed E-state index contributed by atoms with van der Waals surface area (Å²) in [6.07, 6.45) is 6.66. The summed E-state index contributed by atoms with van der Waals surface area (Å²) in [4.78, 5) is 4.12. The minimum Gasteiger partial charge on any atom is -0.345 e. The van der Waals surface area contributed by atoms with E-state index in [9.17, 15) is 4.39 Å². The molecule has 2 aromatic carbocycles. The molecule has 0 spiro atoms. The van der Waals surface area contributed by atoms with Crippen LogP contribution in [0.2, 0.25) is 15.1 Å². The molecule has 4 rings (SSSR count). The standard InChI is InChI=1S/C23H22Cl3FN2O2S/c24-17-9-21(25)20(22(26)10-17)13-32-12-19-11-30-23(31-19,14-29-8-7-28-15-29)6-5-16-1-3-18(27)4-2-16/h1-4,7-10,15,19H,5-6,11-14H2. The molecule has 32 heavy (non-hydrogen) atoms. The second-order valence-electron chi connectivity index (χ2n) is 7.69. The van der Waals surface area contributed by atoms with Crippen LogP contribution in [-0.4, -0.2) is 33.8 Å². The largest absolute Gasteiger partial charge is 0.345 e. The Morgan fingerprint density at radius 1 is 1.16 bits per heavy atom. The van der Waals surface area contributed by atoms with Crippen LogP contribution in [0.5, 0.6) is 0 Å². The smallest absolute Gasteiger partial charge is 0.187 e. The Morgan fingerprint density at radius 3 is 2.59 bits per heavy atom. The van der Waals surface area contributed by atoms with Gasteiger partial charge in [0.15, 0.2) is 5.79 Å². The summed E-state index contributed by atoms with van der Waals surface area (Å²) in [5, 5.41) is 1.64. The van der Waals surface area contributed by atoms with E-state index in [0.29, 0.717) is 46.8 Å². The Kier molecular flexibility index (Phi) is 8.03. The number of ether oxygens (including phenoxy) is 2. The highest BCUT2D eigenvalue weighted by Gasteiger charge is 2.41. The van der Waals surface area contributed by atoms with E-state index in [4.69, 9.17) is 44.3 Å². The Labute approximate surface area is 206 Å². The zero-order valence-electron chi connectivity index (χ0n) is 17.1. The maximum absolute atomic E-state index is 13.2. The monoisotopic (exact) mass is 514 g/mol. The van der Waals surface area contributed by atoms with Crippen molar-refractivity contribution in [2.24, 2.45) is 0 Å². The fraction of sp³-hybridized carbons (Fsp3) is 0.348. The molecule has 4 nitrogen and oxygen atoms in total. The Bertz CT molecular complexity index is 1010. The predicted octanol–water partition coefficient (Wildman–Crippen LogP) is 6.66. The van der Waals surface area contributed by atoms with Crippen LogP contribution in [-0.2, 0) is 28.2 Å². The molecule has 9 heteroatoms. The van der Waals surface area contributed by atoms with Crippen molar-refractivity contribution in [2.75, 3.05) is 12.4 Å². The zero-order valence-corrected chi connectivity index (χ0v) is 20.2. The molecule has 1 aliphatic heterocycles. The third kappa shape index (κ3) is 6.19. The number of aryl methyl sites for hydroxylation is 1. The van der Waals surface area contributed by atoms with Crippen LogP contribution in [0.1, 0.15) is 17.5 Å². The van der Waals surface area contributed by atoms with Crippen LogP contribution < -0.4 is 0 Å². The minimum absolute atomic E-state index is 0.0680. The van der Waals surface area contributed by atoms with E-state index in [1.807, 2.05) is 10.8 Å².